The van der Waals surface area contributed by atoms with Crippen molar-refractivity contribution in [3.8, 4) is 11.5 Å². The number of hydrogen-bond donors (Lipinski definition) is 1. The van der Waals surface area contributed by atoms with Gasteiger partial charge in [-0.15, -0.1) is 0 Å². The van der Waals surface area contributed by atoms with Gasteiger partial charge in [-0.1, -0.05) is 49.4 Å². The van der Waals surface area contributed by atoms with E-state index in [0.717, 1.165) is 17.7 Å². The van der Waals surface area contributed by atoms with Crippen LogP contribution >= 0.6 is 0 Å². The molecule has 0 unspecified atom stereocenters. The van der Waals surface area contributed by atoms with E-state index in [1.165, 1.54) is 7.11 Å². The van der Waals surface area contributed by atoms with Gasteiger partial charge in [-0.3, -0.25) is 9.59 Å². The van der Waals surface area contributed by atoms with Gasteiger partial charge in [0.15, 0.2) is 5.75 Å². The molecule has 1 aromatic heterocycles. The molecule has 2 aromatic carbocycles. The van der Waals surface area contributed by atoms with Crippen molar-refractivity contribution >= 4 is 5.91 Å². The molecule has 3 rings (SSSR count). The molecular weight excluding hydrogens is 392 g/mol. The smallest absolute Gasteiger partial charge is 0.255 e. The molecule has 0 saturated heterocycles. The van der Waals surface area contributed by atoms with Crippen LogP contribution in [0.1, 0.15) is 40.7 Å². The van der Waals surface area contributed by atoms with E-state index >= 15 is 0 Å². The number of aromatic nitrogens is 1. The summed E-state index contributed by atoms with van der Waals surface area (Å²) in [5, 5.41) is 2.92. The molecule has 3 aromatic rings. The van der Waals surface area contributed by atoms with Crippen LogP contribution in [0.25, 0.3) is 0 Å². The number of nitrogens with one attached hydrogen (secondary N) is 1. The number of carbonyl (C=O) groups is 1. The summed E-state index contributed by atoms with van der Waals surface area (Å²) in [5.74, 6) is 0.488. The molecule has 0 saturated carbocycles. The highest BCUT2D eigenvalue weighted by molar-refractivity contribution is 5.96. The zero-order valence-corrected chi connectivity index (χ0v) is 18.2. The SMILES string of the molecule is CCCn1c(C)cc(=O)c(OCc2ccccc2)c1CNC(=O)c1ccccc1OC. The van der Waals surface area contributed by atoms with Crippen molar-refractivity contribution in [1.82, 2.24) is 9.88 Å². The van der Waals surface area contributed by atoms with E-state index in [9.17, 15) is 9.59 Å². The summed E-state index contributed by atoms with van der Waals surface area (Å²) in [5.41, 5.74) is 2.70. The molecule has 6 heteroatoms. The van der Waals surface area contributed by atoms with Crippen LogP contribution in [0.4, 0.5) is 0 Å². The van der Waals surface area contributed by atoms with E-state index in [1.807, 2.05) is 47.9 Å². The van der Waals surface area contributed by atoms with Crippen LogP contribution in [0.15, 0.2) is 65.5 Å². The number of methoxy groups -OCH3 is 1. The average Bonchev–Trinajstić information content (AvgIpc) is 2.79. The summed E-state index contributed by atoms with van der Waals surface area (Å²) < 4.78 is 13.3. The van der Waals surface area contributed by atoms with Gasteiger partial charge in [-0.2, -0.15) is 0 Å². The van der Waals surface area contributed by atoms with E-state index in [2.05, 4.69) is 12.2 Å². The normalized spacial score (nSPS) is 10.5. The number of amides is 1. The molecule has 31 heavy (non-hydrogen) atoms. The maximum absolute atomic E-state index is 12.8. The molecule has 1 N–H and O–H groups in total. The predicted octanol–water partition coefficient (Wildman–Crippen LogP) is 4.08. The van der Waals surface area contributed by atoms with Crippen LogP contribution in [0.5, 0.6) is 11.5 Å². The first-order valence-corrected chi connectivity index (χ1v) is 10.4. The molecule has 0 aliphatic heterocycles. The molecular formula is C25H28N2O4. The molecule has 0 aliphatic carbocycles. The van der Waals surface area contributed by atoms with Crippen LogP contribution in [-0.2, 0) is 19.7 Å². The van der Waals surface area contributed by atoms with E-state index in [4.69, 9.17) is 9.47 Å². The summed E-state index contributed by atoms with van der Waals surface area (Å²) in [6, 6.07) is 18.3. The Morgan fingerprint density at radius 1 is 1.06 bits per heavy atom. The molecule has 0 aliphatic rings. The van der Waals surface area contributed by atoms with Gasteiger partial charge >= 0.3 is 0 Å². The number of benzene rings is 2. The zero-order valence-electron chi connectivity index (χ0n) is 18.2. The van der Waals surface area contributed by atoms with Gasteiger partial charge in [0, 0.05) is 18.3 Å². The molecule has 0 fully saturated rings. The van der Waals surface area contributed by atoms with Crippen molar-refractivity contribution in [2.45, 2.75) is 40.0 Å². The van der Waals surface area contributed by atoms with Crippen LogP contribution in [-0.4, -0.2) is 17.6 Å². The fraction of sp³-hybridized carbons (Fsp3) is 0.280. The third-order valence-corrected chi connectivity index (χ3v) is 5.02. The summed E-state index contributed by atoms with van der Waals surface area (Å²) in [6.45, 7) is 5.12. The van der Waals surface area contributed by atoms with Gasteiger partial charge < -0.3 is 19.4 Å². The second-order valence-corrected chi connectivity index (χ2v) is 7.23. The molecule has 1 amide bonds. The van der Waals surface area contributed by atoms with Crippen molar-refractivity contribution in [1.29, 1.82) is 0 Å². The number of carbonyl (C=O) groups excluding carboxylic acids is 1. The average molecular weight is 421 g/mol. The van der Waals surface area contributed by atoms with Crippen LogP contribution in [0.3, 0.4) is 0 Å². The van der Waals surface area contributed by atoms with E-state index in [-0.39, 0.29) is 30.2 Å². The molecule has 162 valence electrons. The minimum absolute atomic E-state index is 0.165. The lowest BCUT2D eigenvalue weighted by atomic mass is 10.1. The molecule has 1 heterocycles. The minimum Gasteiger partial charge on any atom is -0.496 e. The number of aryl methyl sites for hydroxylation is 1. The van der Waals surface area contributed by atoms with E-state index in [0.29, 0.717) is 23.6 Å². The van der Waals surface area contributed by atoms with Gasteiger partial charge in [0.25, 0.3) is 5.91 Å². The topological polar surface area (TPSA) is 69.6 Å². The molecule has 0 radical (unpaired) electrons. The van der Waals surface area contributed by atoms with Gasteiger partial charge in [-0.05, 0) is 31.0 Å². The monoisotopic (exact) mass is 420 g/mol. The summed E-state index contributed by atoms with van der Waals surface area (Å²) in [6.07, 6.45) is 0.884. The summed E-state index contributed by atoms with van der Waals surface area (Å²) in [7, 11) is 1.53. The first-order chi connectivity index (χ1) is 15.0. The van der Waals surface area contributed by atoms with Crippen molar-refractivity contribution in [3.63, 3.8) is 0 Å². The Balaban J connectivity index is 1.90. The lowest BCUT2D eigenvalue weighted by Crippen LogP contribution is -2.28. The third kappa shape index (κ3) is 5.34. The fourth-order valence-corrected chi connectivity index (χ4v) is 3.50. The lowest BCUT2D eigenvalue weighted by Gasteiger charge is -2.20. The molecule has 0 bridgehead atoms. The Morgan fingerprint density at radius 3 is 2.48 bits per heavy atom. The number of pyridine rings is 1. The number of hydrogen-bond acceptors (Lipinski definition) is 4. The van der Waals surface area contributed by atoms with Gasteiger partial charge in [0.05, 0.1) is 24.9 Å². The first kappa shape index (κ1) is 22.2. The maximum atomic E-state index is 12.8. The molecule has 0 spiro atoms. The summed E-state index contributed by atoms with van der Waals surface area (Å²) in [4.78, 5) is 25.6. The standard InChI is InChI=1S/C25H28N2O4/c1-4-14-27-18(2)15-22(28)24(31-17-19-10-6-5-7-11-19)21(27)16-26-25(29)20-12-8-9-13-23(20)30-3/h5-13,15H,4,14,16-17H2,1-3H3,(H,26,29). The number of para-hydroxylation sites is 1. The molecule has 0 atom stereocenters. The largest absolute Gasteiger partial charge is 0.496 e. The Hall–Kier alpha value is -3.54. The maximum Gasteiger partial charge on any atom is 0.255 e. The van der Waals surface area contributed by atoms with Crippen molar-refractivity contribution in [3.05, 3.63) is 93.4 Å². The highest BCUT2D eigenvalue weighted by atomic mass is 16.5. The Labute approximate surface area is 182 Å². The summed E-state index contributed by atoms with van der Waals surface area (Å²) >= 11 is 0. The van der Waals surface area contributed by atoms with E-state index in [1.54, 1.807) is 24.3 Å². The Morgan fingerprint density at radius 2 is 1.77 bits per heavy atom. The highest BCUT2D eigenvalue weighted by Crippen LogP contribution is 2.20. The fourth-order valence-electron chi connectivity index (χ4n) is 3.50. The van der Waals surface area contributed by atoms with Crippen LogP contribution < -0.4 is 20.2 Å². The van der Waals surface area contributed by atoms with Crippen LogP contribution in [0, 0.1) is 6.92 Å². The van der Waals surface area contributed by atoms with Crippen LogP contribution in [0.2, 0.25) is 0 Å². The quantitative estimate of drug-likeness (QED) is 0.566. The zero-order chi connectivity index (χ0) is 22.2. The van der Waals surface area contributed by atoms with Crippen molar-refractivity contribution < 1.29 is 14.3 Å². The van der Waals surface area contributed by atoms with Crippen molar-refractivity contribution in [2.75, 3.05) is 7.11 Å². The van der Waals surface area contributed by atoms with Gasteiger partial charge in [0.2, 0.25) is 5.43 Å². The number of rotatable bonds is 9. The number of ether oxygens (including phenoxy) is 2. The number of nitrogens with zero attached hydrogens (tertiary/aromatic N) is 1. The highest BCUT2D eigenvalue weighted by Gasteiger charge is 2.18. The van der Waals surface area contributed by atoms with Crippen molar-refractivity contribution in [2.24, 2.45) is 0 Å². The predicted molar refractivity (Wildman–Crippen MR) is 121 cm³/mol. The van der Waals surface area contributed by atoms with Gasteiger partial charge in [-0.25, -0.2) is 0 Å². The first-order valence-electron chi connectivity index (χ1n) is 10.4. The minimum atomic E-state index is -0.275. The second-order valence-electron chi connectivity index (χ2n) is 7.23. The van der Waals surface area contributed by atoms with Gasteiger partial charge in [0.1, 0.15) is 12.4 Å². The Kier molecular flexibility index (Phi) is 7.49. The lowest BCUT2D eigenvalue weighted by molar-refractivity contribution is 0.0946. The van der Waals surface area contributed by atoms with E-state index < -0.39 is 0 Å². The second kappa shape index (κ2) is 10.5. The Bertz CT molecular complexity index is 1090. The molecule has 6 nitrogen and oxygen atoms in total. The third-order valence-electron chi connectivity index (χ3n) is 5.02.